The molecule has 1 aromatic carbocycles. The summed E-state index contributed by atoms with van der Waals surface area (Å²) in [4.78, 5) is 0. The summed E-state index contributed by atoms with van der Waals surface area (Å²) in [6, 6.07) is 9.75. The Bertz CT molecular complexity index is 555. The van der Waals surface area contributed by atoms with Gasteiger partial charge in [0.05, 0.1) is 17.7 Å². The number of nitriles is 1. The fourth-order valence-electron chi connectivity index (χ4n) is 2.62. The molecule has 0 spiro atoms. The van der Waals surface area contributed by atoms with E-state index in [2.05, 4.69) is 16.7 Å². The summed E-state index contributed by atoms with van der Waals surface area (Å²) < 4.78 is 0. The zero-order chi connectivity index (χ0) is 16.5. The molecule has 0 aromatic heterocycles. The molecule has 2 aliphatic rings. The van der Waals surface area contributed by atoms with E-state index >= 15 is 0 Å². The Labute approximate surface area is 174 Å². The van der Waals surface area contributed by atoms with Crippen molar-refractivity contribution in [3.63, 3.8) is 0 Å². The summed E-state index contributed by atoms with van der Waals surface area (Å²) in [5.74, 6) is 0. The summed E-state index contributed by atoms with van der Waals surface area (Å²) in [6.45, 7) is 3.41. The second kappa shape index (κ2) is 12.1. The molecule has 1 aromatic rings. The largest absolute Gasteiger partial charge is 0.662 e. The molecule has 0 atom stereocenters. The van der Waals surface area contributed by atoms with Crippen LogP contribution < -0.4 is 0 Å². The second-order valence-electron chi connectivity index (χ2n) is 5.67. The van der Waals surface area contributed by atoms with Crippen LogP contribution in [0.3, 0.4) is 0 Å². The van der Waals surface area contributed by atoms with E-state index in [9.17, 15) is 5.26 Å². The summed E-state index contributed by atoms with van der Waals surface area (Å²) in [7, 11) is 0. The maximum atomic E-state index is 9.23. The third-order valence-corrected chi connectivity index (χ3v) is 4.23. The van der Waals surface area contributed by atoms with Crippen molar-refractivity contribution in [2.24, 2.45) is 0 Å². The molecule has 0 aliphatic carbocycles. The minimum atomic E-state index is -0.0579. The van der Waals surface area contributed by atoms with E-state index in [4.69, 9.17) is 16.7 Å². The standard InChI is InChI=1S/C13H12ClN2.C5H10NO.Y/c14-12-3-1-10(2-4-12)13(9-15)11-5-7-16-8-6-11;7-5-1-3-6-4-2-5;/h1-4H,5-8H2;5,7H,1-4H2;/q2*-1;. The molecule has 1 N–H and O–H groups in total. The van der Waals surface area contributed by atoms with Gasteiger partial charge in [0.15, 0.2) is 0 Å². The molecule has 2 saturated heterocycles. The quantitative estimate of drug-likeness (QED) is 0.688. The number of allylic oxidation sites excluding steroid dienone is 1. The van der Waals surface area contributed by atoms with Crippen LogP contribution in [-0.4, -0.2) is 37.4 Å². The van der Waals surface area contributed by atoms with Gasteiger partial charge < -0.3 is 15.7 Å². The Morgan fingerprint density at radius 3 is 2.04 bits per heavy atom. The molecule has 2 aliphatic heterocycles. The van der Waals surface area contributed by atoms with Gasteiger partial charge in [-0.05, 0) is 43.4 Å². The molecule has 1 radical (unpaired) electrons. The Hall–Kier alpha value is -0.276. The van der Waals surface area contributed by atoms with E-state index in [0.29, 0.717) is 5.02 Å². The number of hydrogen-bond donors (Lipinski definition) is 1. The van der Waals surface area contributed by atoms with E-state index in [1.807, 2.05) is 24.3 Å². The molecule has 2 fully saturated rings. The average Bonchev–Trinajstić information content (AvgIpc) is 2.59. The summed E-state index contributed by atoms with van der Waals surface area (Å²) >= 11 is 5.83. The van der Waals surface area contributed by atoms with Crippen LogP contribution in [0.2, 0.25) is 5.02 Å². The molecule has 6 heteroatoms. The molecule has 0 amide bonds. The van der Waals surface area contributed by atoms with Crippen molar-refractivity contribution < 1.29 is 37.8 Å². The van der Waals surface area contributed by atoms with Crippen LogP contribution in [0.4, 0.5) is 0 Å². The summed E-state index contributed by atoms with van der Waals surface area (Å²) in [5, 5.41) is 27.1. The van der Waals surface area contributed by atoms with Crippen molar-refractivity contribution in [3.05, 3.63) is 51.1 Å². The van der Waals surface area contributed by atoms with Gasteiger partial charge in [-0.3, -0.25) is 0 Å². The van der Waals surface area contributed by atoms with Crippen molar-refractivity contribution in [1.29, 1.82) is 5.26 Å². The Balaban J connectivity index is 0.000000304. The van der Waals surface area contributed by atoms with E-state index in [1.165, 1.54) is 5.57 Å². The minimum absolute atomic E-state index is 0. The number of hydrogen-bond acceptors (Lipinski definition) is 2. The van der Waals surface area contributed by atoms with Crippen LogP contribution in [0.15, 0.2) is 29.8 Å². The smallest absolute Gasteiger partial charge is 0.0997 e. The first-order valence-corrected chi connectivity index (χ1v) is 8.41. The van der Waals surface area contributed by atoms with E-state index in [-0.39, 0.29) is 38.8 Å². The number of halogens is 1. The molecular weight excluding hydrogens is 399 g/mol. The number of aliphatic hydroxyl groups excluding tert-OH is 1. The fourth-order valence-corrected chi connectivity index (χ4v) is 2.74. The van der Waals surface area contributed by atoms with Crippen LogP contribution in [0.25, 0.3) is 16.2 Å². The predicted molar refractivity (Wildman–Crippen MR) is 94.6 cm³/mol. The SMILES string of the molecule is N#CC(=C1CC[N-]CC1)c1ccc(Cl)cc1.OC1CC[N-]CC1.[Y]. The number of benzene rings is 1. The van der Waals surface area contributed by atoms with E-state index in [0.717, 1.165) is 63.0 Å². The first kappa shape index (κ1) is 21.8. The van der Waals surface area contributed by atoms with Crippen LogP contribution in [0, 0.1) is 11.3 Å². The van der Waals surface area contributed by atoms with Gasteiger partial charge in [0.2, 0.25) is 0 Å². The topological polar surface area (TPSA) is 72.2 Å². The molecule has 0 bridgehead atoms. The van der Waals surface area contributed by atoms with E-state index < -0.39 is 0 Å². The van der Waals surface area contributed by atoms with Gasteiger partial charge in [-0.25, -0.2) is 0 Å². The average molecular weight is 421 g/mol. The van der Waals surface area contributed by atoms with Gasteiger partial charge in [-0.1, -0.05) is 29.3 Å². The number of nitrogens with zero attached hydrogens (tertiary/aromatic N) is 3. The van der Waals surface area contributed by atoms with Crippen molar-refractivity contribution in [3.8, 4) is 6.07 Å². The van der Waals surface area contributed by atoms with Crippen molar-refractivity contribution in [1.82, 2.24) is 0 Å². The number of rotatable bonds is 1. The van der Waals surface area contributed by atoms with Gasteiger partial charge in [-0.2, -0.15) is 5.26 Å². The van der Waals surface area contributed by atoms with Crippen molar-refractivity contribution in [2.45, 2.75) is 31.8 Å². The maximum absolute atomic E-state index is 9.23. The van der Waals surface area contributed by atoms with Gasteiger partial charge in [0, 0.05) is 37.7 Å². The molecule has 0 saturated carbocycles. The predicted octanol–water partition coefficient (Wildman–Crippen LogP) is 4.30. The Morgan fingerprint density at radius 1 is 1.04 bits per heavy atom. The molecule has 2 heterocycles. The summed E-state index contributed by atoms with van der Waals surface area (Å²) in [6.07, 6.45) is 3.51. The minimum Gasteiger partial charge on any atom is -0.662 e. The molecule has 0 unspecified atom stereocenters. The first-order valence-electron chi connectivity index (χ1n) is 8.03. The van der Waals surface area contributed by atoms with Crippen LogP contribution in [0.5, 0.6) is 0 Å². The summed E-state index contributed by atoms with van der Waals surface area (Å²) in [5.41, 5.74) is 2.98. The van der Waals surface area contributed by atoms with Crippen molar-refractivity contribution in [2.75, 3.05) is 26.2 Å². The molecule has 4 nitrogen and oxygen atoms in total. The Morgan fingerprint density at radius 2 is 1.58 bits per heavy atom. The van der Waals surface area contributed by atoms with Gasteiger partial charge in [0.1, 0.15) is 0 Å². The third kappa shape index (κ3) is 7.31. The molecule has 3 rings (SSSR count). The Kier molecular flexibility index (Phi) is 11.0. The van der Waals surface area contributed by atoms with Gasteiger partial charge in [-0.15, -0.1) is 26.2 Å². The zero-order valence-electron chi connectivity index (χ0n) is 13.8. The molecule has 127 valence electrons. The monoisotopic (exact) mass is 420 g/mol. The van der Waals surface area contributed by atoms with Gasteiger partial charge in [0.25, 0.3) is 0 Å². The van der Waals surface area contributed by atoms with Gasteiger partial charge >= 0.3 is 0 Å². The van der Waals surface area contributed by atoms with Crippen LogP contribution in [0.1, 0.15) is 31.2 Å². The second-order valence-corrected chi connectivity index (χ2v) is 6.11. The first-order chi connectivity index (χ1) is 11.2. The third-order valence-electron chi connectivity index (χ3n) is 3.98. The van der Waals surface area contributed by atoms with Crippen LogP contribution >= 0.6 is 11.6 Å². The number of aliphatic hydroxyl groups is 1. The number of piperidine rings is 2. The van der Waals surface area contributed by atoms with E-state index in [1.54, 1.807) is 0 Å². The van der Waals surface area contributed by atoms with Crippen molar-refractivity contribution >= 4 is 17.2 Å². The molecule has 24 heavy (non-hydrogen) atoms. The zero-order valence-corrected chi connectivity index (χ0v) is 17.4. The fraction of sp³-hybridized carbons (Fsp3) is 0.500. The normalized spacial score (nSPS) is 17.8. The molecular formula is C18H22ClN3OY-2. The van der Waals surface area contributed by atoms with Crippen LogP contribution in [-0.2, 0) is 32.7 Å². The maximum Gasteiger partial charge on any atom is 0.0997 e.